The normalized spacial score (nSPS) is 12.0. The standard InChI is InChI=1S/C24H21ClN2O3S/c1-15(16-6-8-18(9-7-16)24(29)30-2)26-23(28)20-5-3-4-17-12-13-27(22(17)20)14-19-10-11-21(25)31-19/h3-13,15H,14H2,1-2H3,(H,26,28)/t15-/m0/s1. The highest BCUT2D eigenvalue weighted by Gasteiger charge is 2.17. The van der Waals surface area contributed by atoms with Crippen molar-refractivity contribution in [2.45, 2.75) is 19.5 Å². The first kappa shape index (κ1) is 21.2. The minimum Gasteiger partial charge on any atom is -0.465 e. The van der Waals surface area contributed by atoms with Crippen molar-refractivity contribution in [1.82, 2.24) is 9.88 Å². The van der Waals surface area contributed by atoms with Crippen LogP contribution in [-0.4, -0.2) is 23.6 Å². The van der Waals surface area contributed by atoms with E-state index in [9.17, 15) is 9.59 Å². The van der Waals surface area contributed by atoms with Crippen LogP contribution in [0.5, 0.6) is 0 Å². The highest BCUT2D eigenvalue weighted by Crippen LogP contribution is 2.26. The number of thiophene rings is 1. The number of amides is 1. The topological polar surface area (TPSA) is 60.3 Å². The Morgan fingerprint density at radius 3 is 2.55 bits per heavy atom. The lowest BCUT2D eigenvalue weighted by Gasteiger charge is -2.16. The minimum absolute atomic E-state index is 0.153. The molecule has 0 fully saturated rings. The van der Waals surface area contributed by atoms with Crippen molar-refractivity contribution >= 4 is 45.7 Å². The van der Waals surface area contributed by atoms with E-state index in [0.717, 1.165) is 25.7 Å². The monoisotopic (exact) mass is 452 g/mol. The van der Waals surface area contributed by atoms with Crippen LogP contribution >= 0.6 is 22.9 Å². The summed E-state index contributed by atoms with van der Waals surface area (Å²) in [5.74, 6) is -0.540. The second-order valence-corrected chi connectivity index (χ2v) is 9.00. The van der Waals surface area contributed by atoms with E-state index in [2.05, 4.69) is 9.88 Å². The maximum atomic E-state index is 13.2. The van der Waals surface area contributed by atoms with Crippen LogP contribution in [0.2, 0.25) is 4.34 Å². The number of benzene rings is 2. The fraction of sp³-hybridized carbons (Fsp3) is 0.167. The summed E-state index contributed by atoms with van der Waals surface area (Å²) >= 11 is 7.60. The molecule has 2 aromatic heterocycles. The Kier molecular flexibility index (Phi) is 6.11. The second-order valence-electron chi connectivity index (χ2n) is 7.20. The fourth-order valence-corrected chi connectivity index (χ4v) is 4.65. The van der Waals surface area contributed by atoms with E-state index in [1.54, 1.807) is 12.1 Å². The van der Waals surface area contributed by atoms with Crippen LogP contribution < -0.4 is 5.32 Å². The Morgan fingerprint density at radius 2 is 1.87 bits per heavy atom. The molecule has 0 saturated heterocycles. The molecular weight excluding hydrogens is 432 g/mol. The Balaban J connectivity index is 1.57. The number of halogens is 1. The van der Waals surface area contributed by atoms with Crippen LogP contribution in [0, 0.1) is 0 Å². The van der Waals surface area contributed by atoms with Gasteiger partial charge >= 0.3 is 5.97 Å². The molecule has 31 heavy (non-hydrogen) atoms. The van der Waals surface area contributed by atoms with Crippen molar-refractivity contribution in [2.75, 3.05) is 7.11 Å². The van der Waals surface area contributed by atoms with Crippen molar-refractivity contribution in [2.24, 2.45) is 0 Å². The van der Waals surface area contributed by atoms with Crippen LogP contribution in [-0.2, 0) is 11.3 Å². The van der Waals surface area contributed by atoms with Crippen LogP contribution in [0.1, 0.15) is 44.1 Å². The molecule has 0 aliphatic carbocycles. The number of rotatable bonds is 6. The van der Waals surface area contributed by atoms with Crippen molar-refractivity contribution < 1.29 is 14.3 Å². The molecule has 0 spiro atoms. The van der Waals surface area contributed by atoms with Gasteiger partial charge in [-0.2, -0.15) is 0 Å². The third kappa shape index (κ3) is 4.50. The summed E-state index contributed by atoms with van der Waals surface area (Å²) in [6.07, 6.45) is 1.99. The van der Waals surface area contributed by atoms with Gasteiger partial charge in [-0.15, -0.1) is 11.3 Å². The molecule has 0 radical (unpaired) electrons. The van der Waals surface area contributed by atoms with Gasteiger partial charge in [-0.05, 0) is 48.9 Å². The quantitative estimate of drug-likeness (QED) is 0.383. The summed E-state index contributed by atoms with van der Waals surface area (Å²) in [5.41, 5.74) is 2.87. The maximum absolute atomic E-state index is 13.2. The first-order valence-electron chi connectivity index (χ1n) is 9.77. The number of ether oxygens (including phenoxy) is 1. The van der Waals surface area contributed by atoms with Gasteiger partial charge in [-0.3, -0.25) is 4.79 Å². The molecule has 158 valence electrons. The number of carbonyl (C=O) groups excluding carboxylic acids is 2. The molecule has 4 rings (SSSR count). The predicted octanol–water partition coefficient (Wildman–Crippen LogP) is 5.68. The number of fused-ring (bicyclic) bond motifs is 1. The number of methoxy groups -OCH3 is 1. The van der Waals surface area contributed by atoms with Crippen LogP contribution in [0.15, 0.2) is 66.9 Å². The van der Waals surface area contributed by atoms with Crippen molar-refractivity contribution in [3.63, 3.8) is 0 Å². The third-order valence-corrected chi connectivity index (χ3v) is 6.38. The van der Waals surface area contributed by atoms with E-state index >= 15 is 0 Å². The van der Waals surface area contributed by atoms with Crippen LogP contribution in [0.25, 0.3) is 10.9 Å². The van der Waals surface area contributed by atoms with Gasteiger partial charge in [0.25, 0.3) is 5.91 Å². The molecule has 1 amide bonds. The molecule has 1 atom stereocenters. The van der Waals surface area contributed by atoms with Crippen molar-refractivity contribution in [3.8, 4) is 0 Å². The van der Waals surface area contributed by atoms with Gasteiger partial charge in [-0.25, -0.2) is 4.79 Å². The molecule has 0 saturated carbocycles. The summed E-state index contributed by atoms with van der Waals surface area (Å²) in [7, 11) is 1.35. The summed E-state index contributed by atoms with van der Waals surface area (Å²) in [6.45, 7) is 2.56. The Hall–Kier alpha value is -3.09. The minimum atomic E-state index is -0.386. The number of aromatic nitrogens is 1. The molecular formula is C24H21ClN2O3S. The summed E-state index contributed by atoms with van der Waals surface area (Å²) < 4.78 is 7.55. The average Bonchev–Trinajstić information content (AvgIpc) is 3.39. The number of hydrogen-bond acceptors (Lipinski definition) is 4. The molecule has 0 unspecified atom stereocenters. The van der Waals surface area contributed by atoms with E-state index in [1.807, 2.05) is 61.7 Å². The number of carbonyl (C=O) groups is 2. The average molecular weight is 453 g/mol. The summed E-state index contributed by atoms with van der Waals surface area (Å²) in [6, 6.07) is 18.4. The second kappa shape index (κ2) is 8.96. The highest BCUT2D eigenvalue weighted by molar-refractivity contribution is 7.16. The first-order chi connectivity index (χ1) is 15.0. The largest absolute Gasteiger partial charge is 0.465 e. The number of nitrogens with one attached hydrogen (secondary N) is 1. The van der Waals surface area contributed by atoms with Crippen LogP contribution in [0.4, 0.5) is 0 Å². The van der Waals surface area contributed by atoms with Gasteiger partial charge in [0.15, 0.2) is 0 Å². The molecule has 2 aromatic carbocycles. The smallest absolute Gasteiger partial charge is 0.337 e. The Labute approximate surface area is 189 Å². The first-order valence-corrected chi connectivity index (χ1v) is 11.0. The molecule has 7 heteroatoms. The van der Waals surface area contributed by atoms with E-state index in [1.165, 1.54) is 18.4 Å². The van der Waals surface area contributed by atoms with Gasteiger partial charge in [0.05, 0.1) is 40.7 Å². The molecule has 4 aromatic rings. The molecule has 0 bridgehead atoms. The van der Waals surface area contributed by atoms with Crippen molar-refractivity contribution in [3.05, 3.63) is 92.8 Å². The van der Waals surface area contributed by atoms with Gasteiger partial charge in [0, 0.05) is 16.5 Å². The van der Waals surface area contributed by atoms with E-state index < -0.39 is 0 Å². The summed E-state index contributed by atoms with van der Waals surface area (Å²) in [5, 5.41) is 4.07. The number of esters is 1. The summed E-state index contributed by atoms with van der Waals surface area (Å²) in [4.78, 5) is 25.9. The fourth-order valence-electron chi connectivity index (χ4n) is 3.56. The molecule has 2 heterocycles. The molecule has 0 aliphatic rings. The number of hydrogen-bond donors (Lipinski definition) is 1. The SMILES string of the molecule is COC(=O)c1ccc([C@H](C)NC(=O)c2cccc3ccn(Cc4ccc(Cl)s4)c23)cc1. The van der Waals surface area contributed by atoms with Crippen molar-refractivity contribution in [1.29, 1.82) is 0 Å². The highest BCUT2D eigenvalue weighted by atomic mass is 35.5. The predicted molar refractivity (Wildman–Crippen MR) is 124 cm³/mol. The zero-order valence-corrected chi connectivity index (χ0v) is 18.7. The Bertz CT molecular complexity index is 1240. The molecule has 5 nitrogen and oxygen atoms in total. The number of para-hydroxylation sites is 1. The lowest BCUT2D eigenvalue weighted by Crippen LogP contribution is -2.27. The van der Waals surface area contributed by atoms with Gasteiger partial charge < -0.3 is 14.6 Å². The molecule has 1 N–H and O–H groups in total. The number of nitrogens with zero attached hydrogens (tertiary/aromatic N) is 1. The Morgan fingerprint density at radius 1 is 1.10 bits per heavy atom. The van der Waals surface area contributed by atoms with Crippen LogP contribution in [0.3, 0.4) is 0 Å². The maximum Gasteiger partial charge on any atom is 0.337 e. The van der Waals surface area contributed by atoms with Gasteiger partial charge in [0.1, 0.15) is 0 Å². The van der Waals surface area contributed by atoms with E-state index in [4.69, 9.17) is 16.3 Å². The van der Waals surface area contributed by atoms with Gasteiger partial charge in [0.2, 0.25) is 0 Å². The lowest BCUT2D eigenvalue weighted by molar-refractivity contribution is 0.0600. The lowest BCUT2D eigenvalue weighted by atomic mass is 10.0. The molecule has 0 aliphatic heterocycles. The zero-order valence-electron chi connectivity index (χ0n) is 17.1. The van der Waals surface area contributed by atoms with Gasteiger partial charge in [-0.1, -0.05) is 35.9 Å². The van der Waals surface area contributed by atoms with E-state index in [-0.39, 0.29) is 17.9 Å². The van der Waals surface area contributed by atoms with E-state index in [0.29, 0.717) is 17.7 Å². The zero-order chi connectivity index (χ0) is 22.0. The third-order valence-electron chi connectivity index (χ3n) is 5.17.